The van der Waals surface area contributed by atoms with E-state index in [4.69, 9.17) is 9.47 Å². The van der Waals surface area contributed by atoms with E-state index >= 15 is 0 Å². The van der Waals surface area contributed by atoms with E-state index in [1.807, 2.05) is 90.9 Å². The molecular formula is C40H67N5O8. The Morgan fingerprint density at radius 1 is 0.906 bits per heavy atom. The number of likely N-dealkylation sites (tertiary alicyclic amines) is 1. The summed E-state index contributed by atoms with van der Waals surface area (Å²) in [4.78, 5) is 72.5. The first-order valence-corrected chi connectivity index (χ1v) is 19.1. The topological polar surface area (TPSA) is 158 Å². The predicted octanol–water partition coefficient (Wildman–Crippen LogP) is 3.45. The summed E-state index contributed by atoms with van der Waals surface area (Å²) in [6, 6.07) is 5.89. The SMILES string of the molecule is CC[C@H](C)[C@@H]([C@@H](CC(=O)N1CCC[C@H]1[C@H](OC)[C@@H](C)C(=O)N[C@H](Cc1ccccc1)C(=O)O)OC)N(C)C(=O)[C@@H](NC(=O)[C@H](C(C)C)N(C)C)C(C)C. The van der Waals surface area contributed by atoms with E-state index in [1.165, 1.54) is 14.2 Å². The van der Waals surface area contributed by atoms with Gasteiger partial charge in [-0.2, -0.15) is 0 Å². The number of ether oxygens (including phenoxy) is 2. The minimum Gasteiger partial charge on any atom is -0.480 e. The van der Waals surface area contributed by atoms with Gasteiger partial charge in [-0.25, -0.2) is 4.79 Å². The third kappa shape index (κ3) is 12.2. The highest BCUT2D eigenvalue weighted by atomic mass is 16.5. The van der Waals surface area contributed by atoms with E-state index < -0.39 is 60.2 Å². The molecule has 13 heteroatoms. The lowest BCUT2D eigenvalue weighted by atomic mass is 9.89. The summed E-state index contributed by atoms with van der Waals surface area (Å²) in [7, 11) is 8.44. The largest absolute Gasteiger partial charge is 0.480 e. The average molecular weight is 746 g/mol. The van der Waals surface area contributed by atoms with Gasteiger partial charge in [-0.3, -0.25) is 24.1 Å². The lowest BCUT2D eigenvalue weighted by Gasteiger charge is -2.41. The van der Waals surface area contributed by atoms with Crippen LogP contribution >= 0.6 is 0 Å². The summed E-state index contributed by atoms with van der Waals surface area (Å²) in [5.74, 6) is -3.21. The zero-order valence-electron chi connectivity index (χ0n) is 34.1. The summed E-state index contributed by atoms with van der Waals surface area (Å²) in [5.41, 5.74) is 0.785. The smallest absolute Gasteiger partial charge is 0.326 e. The third-order valence-corrected chi connectivity index (χ3v) is 10.8. The second-order valence-electron chi connectivity index (χ2n) is 15.6. The van der Waals surface area contributed by atoms with Gasteiger partial charge in [-0.15, -0.1) is 0 Å². The Bertz CT molecular complexity index is 1330. The molecule has 1 fully saturated rings. The number of nitrogens with one attached hydrogen (secondary N) is 2. The normalized spacial score (nSPS) is 19.2. The van der Waals surface area contributed by atoms with Gasteiger partial charge >= 0.3 is 5.97 Å². The fraction of sp³-hybridized carbons (Fsp3) is 0.725. The molecular weight excluding hydrogens is 678 g/mol. The van der Waals surface area contributed by atoms with Crippen LogP contribution in [0.1, 0.15) is 79.7 Å². The molecule has 0 radical (unpaired) electrons. The van der Waals surface area contributed by atoms with Crippen molar-refractivity contribution in [2.75, 3.05) is 41.9 Å². The van der Waals surface area contributed by atoms with Crippen LogP contribution in [-0.4, -0.2) is 134 Å². The number of carboxylic acid groups (broad SMARTS) is 1. The molecule has 0 spiro atoms. The maximum absolute atomic E-state index is 14.2. The second kappa shape index (κ2) is 21.4. The van der Waals surface area contributed by atoms with Crippen molar-refractivity contribution in [3.63, 3.8) is 0 Å². The minimum absolute atomic E-state index is 0.0104. The van der Waals surface area contributed by atoms with Gasteiger partial charge in [0.25, 0.3) is 0 Å². The molecule has 0 aliphatic carbocycles. The maximum atomic E-state index is 14.2. The fourth-order valence-electron chi connectivity index (χ4n) is 7.76. The van der Waals surface area contributed by atoms with Gasteiger partial charge < -0.3 is 35.0 Å². The molecule has 1 heterocycles. The fourth-order valence-corrected chi connectivity index (χ4v) is 7.76. The molecule has 0 saturated carbocycles. The molecule has 53 heavy (non-hydrogen) atoms. The molecule has 1 saturated heterocycles. The Hall–Kier alpha value is -3.55. The van der Waals surface area contributed by atoms with Crippen LogP contribution in [0.4, 0.5) is 0 Å². The molecule has 2 rings (SSSR count). The van der Waals surface area contributed by atoms with Crippen molar-refractivity contribution in [1.82, 2.24) is 25.3 Å². The Kier molecular flexibility index (Phi) is 18.4. The number of carbonyl (C=O) groups is 5. The highest BCUT2D eigenvalue weighted by Gasteiger charge is 2.43. The number of amides is 4. The number of benzene rings is 1. The highest BCUT2D eigenvalue weighted by Crippen LogP contribution is 2.30. The summed E-state index contributed by atoms with van der Waals surface area (Å²) in [6.07, 6.45) is 0.820. The van der Waals surface area contributed by atoms with Crippen molar-refractivity contribution in [2.24, 2.45) is 23.7 Å². The first kappa shape index (κ1) is 45.6. The molecule has 300 valence electrons. The summed E-state index contributed by atoms with van der Waals surface area (Å²) < 4.78 is 11.9. The van der Waals surface area contributed by atoms with E-state index in [0.29, 0.717) is 19.4 Å². The monoisotopic (exact) mass is 745 g/mol. The number of nitrogens with zero attached hydrogens (tertiary/aromatic N) is 3. The number of hydrogen-bond acceptors (Lipinski definition) is 8. The molecule has 0 aromatic heterocycles. The molecule has 3 N–H and O–H groups in total. The lowest BCUT2D eigenvalue weighted by Crippen LogP contribution is -2.59. The number of likely N-dealkylation sites (N-methyl/N-ethyl adjacent to an activating group) is 2. The van der Waals surface area contributed by atoms with Gasteiger partial charge in [0.1, 0.15) is 12.1 Å². The molecule has 4 amide bonds. The van der Waals surface area contributed by atoms with Crippen molar-refractivity contribution in [3.8, 4) is 0 Å². The van der Waals surface area contributed by atoms with Gasteiger partial charge in [-0.05, 0) is 50.3 Å². The van der Waals surface area contributed by atoms with E-state index in [-0.39, 0.29) is 48.3 Å². The molecule has 13 nitrogen and oxygen atoms in total. The molecule has 1 aliphatic heterocycles. The van der Waals surface area contributed by atoms with Crippen molar-refractivity contribution in [2.45, 2.75) is 123 Å². The zero-order valence-corrected chi connectivity index (χ0v) is 34.1. The van der Waals surface area contributed by atoms with Crippen molar-refractivity contribution in [1.29, 1.82) is 0 Å². The van der Waals surface area contributed by atoms with Gasteiger partial charge in [-0.1, -0.05) is 85.2 Å². The van der Waals surface area contributed by atoms with Crippen LogP contribution in [0, 0.1) is 23.7 Å². The van der Waals surface area contributed by atoms with Crippen LogP contribution in [0.5, 0.6) is 0 Å². The second-order valence-corrected chi connectivity index (χ2v) is 15.6. The van der Waals surface area contributed by atoms with Crippen LogP contribution in [0.15, 0.2) is 30.3 Å². The van der Waals surface area contributed by atoms with Gasteiger partial charge in [0, 0.05) is 34.2 Å². The quantitative estimate of drug-likeness (QED) is 0.172. The van der Waals surface area contributed by atoms with Crippen LogP contribution in [0.3, 0.4) is 0 Å². The first-order chi connectivity index (χ1) is 24.9. The minimum atomic E-state index is -1.14. The van der Waals surface area contributed by atoms with Crippen molar-refractivity contribution >= 4 is 29.6 Å². The molecule has 0 bridgehead atoms. The number of aliphatic carboxylic acids is 1. The molecule has 1 aromatic carbocycles. The van der Waals surface area contributed by atoms with Crippen LogP contribution in [0.2, 0.25) is 0 Å². The summed E-state index contributed by atoms with van der Waals surface area (Å²) in [6.45, 7) is 13.9. The summed E-state index contributed by atoms with van der Waals surface area (Å²) >= 11 is 0. The van der Waals surface area contributed by atoms with Crippen molar-refractivity contribution in [3.05, 3.63) is 35.9 Å². The van der Waals surface area contributed by atoms with Crippen LogP contribution < -0.4 is 10.6 Å². The first-order valence-electron chi connectivity index (χ1n) is 19.1. The lowest BCUT2D eigenvalue weighted by molar-refractivity contribution is -0.148. The average Bonchev–Trinajstić information content (AvgIpc) is 3.59. The maximum Gasteiger partial charge on any atom is 0.326 e. The zero-order chi connectivity index (χ0) is 40.2. The van der Waals surface area contributed by atoms with Crippen molar-refractivity contribution < 1.29 is 38.6 Å². The van der Waals surface area contributed by atoms with Crippen LogP contribution in [0.25, 0.3) is 0 Å². The van der Waals surface area contributed by atoms with E-state index in [9.17, 15) is 29.1 Å². The number of hydrogen-bond donors (Lipinski definition) is 3. The number of carboxylic acids is 1. The standard InChI is InChI=1S/C40H67N5O8/c1-13-26(6)35(44(10)39(49)33(24(2)3)42-38(48)34(25(4)5)43(8)9)31(52-11)23-32(46)45-21-17-20-30(45)36(53-12)27(7)37(47)41-29(40(50)51)22-28-18-15-14-16-19-28/h14-16,18-19,24-27,29-31,33-36H,13,17,20-23H2,1-12H3,(H,41,47)(H,42,48)(H,50,51)/t26-,27+,29+,30-,31+,33-,34-,35-,36+/m0/s1. The third-order valence-electron chi connectivity index (χ3n) is 10.8. The molecule has 1 aromatic rings. The molecule has 1 aliphatic rings. The van der Waals surface area contributed by atoms with E-state index in [0.717, 1.165) is 12.0 Å². The van der Waals surface area contributed by atoms with Gasteiger partial charge in [0.2, 0.25) is 23.6 Å². The highest BCUT2D eigenvalue weighted by molar-refractivity contribution is 5.90. The predicted molar refractivity (Wildman–Crippen MR) is 205 cm³/mol. The number of methoxy groups -OCH3 is 2. The molecule has 0 unspecified atom stereocenters. The summed E-state index contributed by atoms with van der Waals surface area (Å²) in [5, 5.41) is 15.6. The van der Waals surface area contributed by atoms with Crippen LogP contribution in [-0.2, 0) is 39.9 Å². The molecule has 9 atom stereocenters. The Morgan fingerprint density at radius 2 is 1.53 bits per heavy atom. The van der Waals surface area contributed by atoms with E-state index in [1.54, 1.807) is 23.8 Å². The Balaban J connectivity index is 2.27. The van der Waals surface area contributed by atoms with Gasteiger partial charge in [0.15, 0.2) is 0 Å². The Morgan fingerprint density at radius 3 is 2.02 bits per heavy atom. The number of rotatable bonds is 21. The number of carbonyl (C=O) groups excluding carboxylic acids is 4. The van der Waals surface area contributed by atoms with Gasteiger partial charge in [0.05, 0.1) is 42.7 Å². The Labute approximate surface area is 317 Å². The van der Waals surface area contributed by atoms with E-state index in [2.05, 4.69) is 10.6 Å².